The number of carbonyl (C=O) groups excluding carboxylic acids is 1. The number of nitriles is 1. The van der Waals surface area contributed by atoms with Crippen LogP contribution in [0.2, 0.25) is 0 Å². The molecule has 4 heteroatoms. The molecule has 0 spiro atoms. The number of carbonyl (C=O) groups is 1. The first-order valence-corrected chi connectivity index (χ1v) is 10.5. The zero-order chi connectivity index (χ0) is 21.3. The first kappa shape index (κ1) is 21.5. The van der Waals surface area contributed by atoms with Gasteiger partial charge in [0.15, 0.2) is 0 Å². The SMILES string of the molecule is Cc1ccc(CN2CCCN(C(=O)/C=C/C=C/c3ccccc3C#N)CC2)c(C)c1. The van der Waals surface area contributed by atoms with Gasteiger partial charge in [-0.3, -0.25) is 9.69 Å². The van der Waals surface area contributed by atoms with Crippen LogP contribution >= 0.6 is 0 Å². The highest BCUT2D eigenvalue weighted by Crippen LogP contribution is 2.15. The van der Waals surface area contributed by atoms with E-state index in [0.717, 1.165) is 44.7 Å². The van der Waals surface area contributed by atoms with Crippen LogP contribution in [0.3, 0.4) is 0 Å². The molecule has 0 atom stereocenters. The number of hydrogen-bond acceptors (Lipinski definition) is 3. The molecule has 1 saturated heterocycles. The van der Waals surface area contributed by atoms with Gasteiger partial charge in [0.25, 0.3) is 0 Å². The molecule has 2 aromatic rings. The van der Waals surface area contributed by atoms with Crippen molar-refractivity contribution >= 4 is 12.0 Å². The minimum atomic E-state index is 0.0431. The van der Waals surface area contributed by atoms with E-state index in [1.165, 1.54) is 16.7 Å². The summed E-state index contributed by atoms with van der Waals surface area (Å²) in [4.78, 5) is 16.9. The number of amides is 1. The van der Waals surface area contributed by atoms with Gasteiger partial charge in [-0.25, -0.2) is 0 Å². The molecule has 1 aliphatic heterocycles. The number of hydrogen-bond donors (Lipinski definition) is 0. The summed E-state index contributed by atoms with van der Waals surface area (Å²) in [6.07, 6.45) is 8.03. The number of nitrogens with zero attached hydrogens (tertiary/aromatic N) is 3. The number of aryl methyl sites for hydroxylation is 2. The fourth-order valence-electron chi connectivity index (χ4n) is 3.76. The standard InChI is InChI=1S/C26H29N3O/c1-21-12-13-25(22(2)18-21)20-28-14-7-15-29(17-16-28)26(30)11-6-5-9-23-8-3-4-10-24(23)19-27/h3-6,8-13,18H,7,14-17,20H2,1-2H3/b9-5+,11-6+. The second-order valence-corrected chi connectivity index (χ2v) is 7.80. The lowest BCUT2D eigenvalue weighted by Gasteiger charge is -2.22. The Morgan fingerprint density at radius 1 is 1.07 bits per heavy atom. The van der Waals surface area contributed by atoms with Gasteiger partial charge in [-0.1, -0.05) is 60.2 Å². The van der Waals surface area contributed by atoms with Gasteiger partial charge >= 0.3 is 0 Å². The fraction of sp³-hybridized carbons (Fsp3) is 0.308. The van der Waals surface area contributed by atoms with Crippen molar-refractivity contribution < 1.29 is 4.79 Å². The minimum absolute atomic E-state index is 0.0431. The Labute approximate surface area is 179 Å². The summed E-state index contributed by atoms with van der Waals surface area (Å²) in [6, 6.07) is 16.2. The number of benzene rings is 2. The Bertz CT molecular complexity index is 984. The van der Waals surface area contributed by atoms with Gasteiger partial charge in [0.2, 0.25) is 5.91 Å². The van der Waals surface area contributed by atoms with Crippen LogP contribution in [-0.4, -0.2) is 41.9 Å². The zero-order valence-corrected chi connectivity index (χ0v) is 17.8. The molecule has 0 radical (unpaired) electrons. The van der Waals surface area contributed by atoms with E-state index in [4.69, 9.17) is 5.26 Å². The van der Waals surface area contributed by atoms with E-state index >= 15 is 0 Å². The van der Waals surface area contributed by atoms with Gasteiger partial charge in [0, 0.05) is 38.8 Å². The van der Waals surface area contributed by atoms with E-state index in [-0.39, 0.29) is 5.91 Å². The largest absolute Gasteiger partial charge is 0.338 e. The predicted octanol–water partition coefficient (Wildman–Crippen LogP) is 4.48. The van der Waals surface area contributed by atoms with Crippen molar-refractivity contribution in [3.05, 3.63) is 88.5 Å². The molecule has 154 valence electrons. The molecule has 0 unspecified atom stereocenters. The Morgan fingerprint density at radius 3 is 2.70 bits per heavy atom. The molecule has 0 aromatic heterocycles. The van der Waals surface area contributed by atoms with Gasteiger partial charge in [0.05, 0.1) is 11.6 Å². The summed E-state index contributed by atoms with van der Waals surface area (Å²) in [6.45, 7) is 8.65. The molecule has 1 heterocycles. The maximum Gasteiger partial charge on any atom is 0.246 e. The number of allylic oxidation sites excluding steroid dienone is 2. The van der Waals surface area contributed by atoms with Crippen LogP contribution in [0.5, 0.6) is 0 Å². The highest BCUT2D eigenvalue weighted by atomic mass is 16.2. The summed E-state index contributed by atoms with van der Waals surface area (Å²) in [5.41, 5.74) is 5.47. The lowest BCUT2D eigenvalue weighted by Crippen LogP contribution is -2.34. The molecule has 1 aliphatic rings. The molecule has 30 heavy (non-hydrogen) atoms. The summed E-state index contributed by atoms with van der Waals surface area (Å²) >= 11 is 0. The van der Waals surface area contributed by atoms with Crippen molar-refractivity contribution in [2.24, 2.45) is 0 Å². The van der Waals surface area contributed by atoms with E-state index in [1.807, 2.05) is 35.3 Å². The van der Waals surface area contributed by atoms with Gasteiger partial charge in [-0.2, -0.15) is 5.26 Å². The summed E-state index contributed by atoms with van der Waals surface area (Å²) in [7, 11) is 0. The van der Waals surface area contributed by atoms with E-state index in [2.05, 4.69) is 43.0 Å². The third-order valence-electron chi connectivity index (χ3n) is 5.50. The van der Waals surface area contributed by atoms with Gasteiger partial charge in [-0.15, -0.1) is 0 Å². The van der Waals surface area contributed by atoms with Gasteiger partial charge in [0.1, 0.15) is 0 Å². The Morgan fingerprint density at radius 2 is 1.90 bits per heavy atom. The molecule has 3 rings (SSSR count). The monoisotopic (exact) mass is 399 g/mol. The Hall–Kier alpha value is -3.16. The third-order valence-corrected chi connectivity index (χ3v) is 5.50. The molecule has 0 bridgehead atoms. The van der Waals surface area contributed by atoms with Crippen molar-refractivity contribution in [2.75, 3.05) is 26.2 Å². The van der Waals surface area contributed by atoms with E-state index < -0.39 is 0 Å². The van der Waals surface area contributed by atoms with Gasteiger partial charge in [-0.05, 0) is 43.0 Å². The van der Waals surface area contributed by atoms with Crippen molar-refractivity contribution in [1.29, 1.82) is 5.26 Å². The number of rotatable bonds is 5. The van der Waals surface area contributed by atoms with Crippen LogP contribution in [0.15, 0.2) is 60.7 Å². The highest BCUT2D eigenvalue weighted by Gasteiger charge is 2.18. The van der Waals surface area contributed by atoms with Crippen molar-refractivity contribution in [3.8, 4) is 6.07 Å². The van der Waals surface area contributed by atoms with E-state index in [0.29, 0.717) is 5.56 Å². The fourth-order valence-corrected chi connectivity index (χ4v) is 3.76. The van der Waals surface area contributed by atoms with Crippen molar-refractivity contribution in [1.82, 2.24) is 9.80 Å². The topological polar surface area (TPSA) is 47.3 Å². The highest BCUT2D eigenvalue weighted by molar-refractivity contribution is 5.88. The third kappa shape index (κ3) is 5.92. The van der Waals surface area contributed by atoms with Gasteiger partial charge < -0.3 is 4.90 Å². The van der Waals surface area contributed by atoms with E-state index in [9.17, 15) is 4.79 Å². The normalized spacial score (nSPS) is 15.4. The summed E-state index contributed by atoms with van der Waals surface area (Å²) in [5.74, 6) is 0.0431. The second-order valence-electron chi connectivity index (χ2n) is 7.80. The average Bonchev–Trinajstić information content (AvgIpc) is 2.99. The molecule has 0 aliphatic carbocycles. The molecule has 1 amide bonds. The Balaban J connectivity index is 1.53. The van der Waals surface area contributed by atoms with Crippen LogP contribution < -0.4 is 0 Å². The van der Waals surface area contributed by atoms with Crippen LogP contribution in [0.4, 0.5) is 0 Å². The maximum atomic E-state index is 12.6. The Kier molecular flexibility index (Phi) is 7.59. The first-order chi connectivity index (χ1) is 14.6. The predicted molar refractivity (Wildman–Crippen MR) is 122 cm³/mol. The molecule has 2 aromatic carbocycles. The van der Waals surface area contributed by atoms with Crippen LogP contribution in [-0.2, 0) is 11.3 Å². The average molecular weight is 400 g/mol. The maximum absolute atomic E-state index is 12.6. The van der Waals surface area contributed by atoms with Crippen LogP contribution in [0, 0.1) is 25.2 Å². The lowest BCUT2D eigenvalue weighted by atomic mass is 10.1. The molecule has 1 fully saturated rings. The van der Waals surface area contributed by atoms with Crippen molar-refractivity contribution in [2.45, 2.75) is 26.8 Å². The smallest absolute Gasteiger partial charge is 0.246 e. The summed E-state index contributed by atoms with van der Waals surface area (Å²) < 4.78 is 0. The second kappa shape index (κ2) is 10.6. The minimum Gasteiger partial charge on any atom is -0.338 e. The quantitative estimate of drug-likeness (QED) is 0.550. The van der Waals surface area contributed by atoms with Crippen LogP contribution in [0.25, 0.3) is 6.08 Å². The first-order valence-electron chi connectivity index (χ1n) is 10.5. The van der Waals surface area contributed by atoms with E-state index in [1.54, 1.807) is 18.2 Å². The zero-order valence-electron chi connectivity index (χ0n) is 17.8. The molecule has 4 nitrogen and oxygen atoms in total. The van der Waals surface area contributed by atoms with Crippen LogP contribution in [0.1, 0.15) is 34.2 Å². The summed E-state index contributed by atoms with van der Waals surface area (Å²) in [5, 5.41) is 9.14. The molecular formula is C26H29N3O. The lowest BCUT2D eigenvalue weighted by molar-refractivity contribution is -0.125. The molecular weight excluding hydrogens is 370 g/mol. The molecule has 0 N–H and O–H groups in total. The van der Waals surface area contributed by atoms with Crippen molar-refractivity contribution in [3.63, 3.8) is 0 Å². The molecule has 0 saturated carbocycles.